The lowest BCUT2D eigenvalue weighted by atomic mass is 10.3. The molecule has 0 amide bonds. The summed E-state index contributed by atoms with van der Waals surface area (Å²) < 4.78 is 10.9. The molecule has 0 spiro atoms. The van der Waals surface area contributed by atoms with Gasteiger partial charge >= 0.3 is 0 Å². The zero-order chi connectivity index (χ0) is 11.8. The van der Waals surface area contributed by atoms with Crippen LogP contribution in [0, 0.1) is 0 Å². The summed E-state index contributed by atoms with van der Waals surface area (Å²) in [6, 6.07) is 0. The van der Waals surface area contributed by atoms with Gasteiger partial charge in [-0.1, -0.05) is 0 Å². The largest absolute Gasteiger partial charge is 0.379 e. The van der Waals surface area contributed by atoms with E-state index in [0.29, 0.717) is 6.10 Å². The molecule has 0 aliphatic carbocycles. The van der Waals surface area contributed by atoms with Crippen LogP contribution >= 0.6 is 0 Å². The minimum absolute atomic E-state index is 0.323. The summed E-state index contributed by atoms with van der Waals surface area (Å²) in [5.41, 5.74) is 0. The van der Waals surface area contributed by atoms with Crippen LogP contribution in [0.1, 0.15) is 25.7 Å². The van der Waals surface area contributed by atoms with Gasteiger partial charge in [0, 0.05) is 32.8 Å². The molecule has 1 saturated heterocycles. The topological polar surface area (TPSA) is 54.9 Å². The second kappa shape index (κ2) is 7.50. The molecule has 5 heteroatoms. The molecule has 98 valence electrons. The van der Waals surface area contributed by atoms with Gasteiger partial charge < -0.3 is 20.1 Å². The van der Waals surface area contributed by atoms with Crippen LogP contribution in [0.3, 0.4) is 0 Å². The van der Waals surface area contributed by atoms with Gasteiger partial charge in [0.2, 0.25) is 0 Å². The second-order valence-corrected chi connectivity index (χ2v) is 4.50. The van der Waals surface area contributed by atoms with Gasteiger partial charge in [0.05, 0.1) is 12.7 Å². The van der Waals surface area contributed by atoms with Crippen molar-refractivity contribution in [3.8, 4) is 0 Å². The first-order valence-corrected chi connectivity index (χ1v) is 6.67. The van der Waals surface area contributed by atoms with Gasteiger partial charge in [0.15, 0.2) is 5.96 Å². The molecule has 0 aromatic heterocycles. The van der Waals surface area contributed by atoms with Gasteiger partial charge in [-0.2, -0.15) is 0 Å². The molecule has 2 heterocycles. The van der Waals surface area contributed by atoms with Crippen molar-refractivity contribution in [1.82, 2.24) is 10.6 Å². The number of aliphatic imine (C=N–C) groups is 1. The zero-order valence-corrected chi connectivity index (χ0v) is 10.4. The first kappa shape index (κ1) is 12.6. The lowest BCUT2D eigenvalue weighted by Crippen LogP contribution is -2.37. The van der Waals surface area contributed by atoms with E-state index in [1.165, 1.54) is 12.8 Å². The fourth-order valence-corrected chi connectivity index (χ4v) is 1.98. The SMILES string of the molecule is C1CCNC(NCCCOC2CCOC2)=NC1. The Labute approximate surface area is 103 Å². The van der Waals surface area contributed by atoms with Gasteiger partial charge in [-0.05, 0) is 25.7 Å². The summed E-state index contributed by atoms with van der Waals surface area (Å²) in [6.07, 6.45) is 4.77. The Balaban J connectivity index is 1.48. The van der Waals surface area contributed by atoms with Crippen molar-refractivity contribution >= 4 is 5.96 Å². The quantitative estimate of drug-likeness (QED) is 0.689. The predicted octanol–water partition coefficient (Wildman–Crippen LogP) is 0.511. The number of rotatable bonds is 5. The predicted molar refractivity (Wildman–Crippen MR) is 67.3 cm³/mol. The molecule has 0 bridgehead atoms. The van der Waals surface area contributed by atoms with Crippen LogP contribution in [-0.4, -0.2) is 51.5 Å². The van der Waals surface area contributed by atoms with Gasteiger partial charge in [0.25, 0.3) is 0 Å². The van der Waals surface area contributed by atoms with Crippen molar-refractivity contribution in [2.75, 3.05) is 39.5 Å². The highest BCUT2D eigenvalue weighted by molar-refractivity contribution is 5.79. The Morgan fingerprint density at radius 1 is 1.47 bits per heavy atom. The fourth-order valence-electron chi connectivity index (χ4n) is 1.98. The standard InChI is InChI=1S/C12H23N3O2/c1-2-6-14-12(13-5-1)15-7-3-8-17-11-4-9-16-10-11/h11H,1-10H2,(H2,13,14,15). The van der Waals surface area contributed by atoms with Crippen molar-refractivity contribution in [3.63, 3.8) is 0 Å². The summed E-state index contributed by atoms with van der Waals surface area (Å²) in [4.78, 5) is 4.43. The Bertz CT molecular complexity index is 240. The summed E-state index contributed by atoms with van der Waals surface area (Å²) >= 11 is 0. The van der Waals surface area contributed by atoms with Crippen molar-refractivity contribution in [1.29, 1.82) is 0 Å². The summed E-state index contributed by atoms with van der Waals surface area (Å²) in [6.45, 7) is 5.30. The molecule has 1 atom stereocenters. The second-order valence-electron chi connectivity index (χ2n) is 4.50. The van der Waals surface area contributed by atoms with Crippen LogP contribution in [0.5, 0.6) is 0 Å². The van der Waals surface area contributed by atoms with Crippen LogP contribution in [0.4, 0.5) is 0 Å². The molecule has 1 fully saturated rings. The summed E-state index contributed by atoms with van der Waals surface area (Å²) in [5, 5.41) is 6.61. The van der Waals surface area contributed by atoms with Crippen molar-refractivity contribution in [3.05, 3.63) is 0 Å². The lowest BCUT2D eigenvalue weighted by Gasteiger charge is -2.12. The number of nitrogens with one attached hydrogen (secondary N) is 2. The molecule has 0 radical (unpaired) electrons. The van der Waals surface area contributed by atoms with E-state index in [9.17, 15) is 0 Å². The third-order valence-electron chi connectivity index (χ3n) is 3.00. The molecule has 2 aliphatic rings. The highest BCUT2D eigenvalue weighted by Crippen LogP contribution is 2.07. The van der Waals surface area contributed by atoms with Crippen molar-refractivity contribution in [2.45, 2.75) is 31.8 Å². The average molecular weight is 241 g/mol. The Morgan fingerprint density at radius 3 is 3.35 bits per heavy atom. The molecule has 1 unspecified atom stereocenters. The van der Waals surface area contributed by atoms with Gasteiger partial charge in [-0.25, -0.2) is 0 Å². The monoisotopic (exact) mass is 241 g/mol. The maximum Gasteiger partial charge on any atom is 0.191 e. The molecular weight excluding hydrogens is 218 g/mol. The Kier molecular flexibility index (Phi) is 5.58. The van der Waals surface area contributed by atoms with Gasteiger partial charge in [-0.15, -0.1) is 0 Å². The first-order chi connectivity index (χ1) is 8.45. The van der Waals surface area contributed by atoms with E-state index >= 15 is 0 Å². The third-order valence-corrected chi connectivity index (χ3v) is 3.00. The summed E-state index contributed by atoms with van der Waals surface area (Å²) in [7, 11) is 0. The Morgan fingerprint density at radius 2 is 2.47 bits per heavy atom. The third kappa shape index (κ3) is 4.91. The van der Waals surface area contributed by atoms with Crippen LogP contribution in [0.25, 0.3) is 0 Å². The number of nitrogens with zero attached hydrogens (tertiary/aromatic N) is 1. The van der Waals surface area contributed by atoms with Crippen molar-refractivity contribution < 1.29 is 9.47 Å². The molecule has 0 saturated carbocycles. The molecule has 2 N–H and O–H groups in total. The van der Waals surface area contributed by atoms with E-state index in [1.54, 1.807) is 0 Å². The highest BCUT2D eigenvalue weighted by atomic mass is 16.5. The van der Waals surface area contributed by atoms with Gasteiger partial charge in [-0.3, -0.25) is 4.99 Å². The Hall–Kier alpha value is -0.810. The molecule has 2 aliphatic heterocycles. The lowest BCUT2D eigenvalue weighted by molar-refractivity contribution is 0.0420. The molecule has 0 aromatic rings. The van der Waals surface area contributed by atoms with Crippen molar-refractivity contribution in [2.24, 2.45) is 4.99 Å². The normalized spacial score (nSPS) is 24.9. The highest BCUT2D eigenvalue weighted by Gasteiger charge is 2.15. The number of hydrogen-bond acceptors (Lipinski definition) is 5. The van der Waals surface area contributed by atoms with Crippen LogP contribution < -0.4 is 10.6 Å². The zero-order valence-electron chi connectivity index (χ0n) is 10.4. The van der Waals surface area contributed by atoms with E-state index in [4.69, 9.17) is 9.47 Å². The van der Waals surface area contributed by atoms with E-state index < -0.39 is 0 Å². The average Bonchev–Trinajstić information content (AvgIpc) is 2.72. The molecule has 5 nitrogen and oxygen atoms in total. The minimum Gasteiger partial charge on any atom is -0.379 e. The maximum absolute atomic E-state index is 5.69. The number of ether oxygens (including phenoxy) is 2. The minimum atomic E-state index is 0.323. The van der Waals surface area contributed by atoms with Crippen LogP contribution in [0.15, 0.2) is 4.99 Å². The van der Waals surface area contributed by atoms with E-state index in [1.807, 2.05) is 0 Å². The van der Waals surface area contributed by atoms with Crippen LogP contribution in [0.2, 0.25) is 0 Å². The number of guanidine groups is 1. The van der Waals surface area contributed by atoms with Crippen LogP contribution in [-0.2, 0) is 9.47 Å². The maximum atomic E-state index is 5.69. The smallest absolute Gasteiger partial charge is 0.191 e. The van der Waals surface area contributed by atoms with E-state index in [2.05, 4.69) is 15.6 Å². The molecule has 0 aromatic carbocycles. The molecular formula is C12H23N3O2. The first-order valence-electron chi connectivity index (χ1n) is 6.67. The fraction of sp³-hybridized carbons (Fsp3) is 0.917. The van der Waals surface area contributed by atoms with Gasteiger partial charge in [0.1, 0.15) is 0 Å². The number of hydrogen-bond donors (Lipinski definition) is 2. The van der Waals surface area contributed by atoms with E-state index in [0.717, 1.165) is 58.3 Å². The molecule has 2 rings (SSSR count). The summed E-state index contributed by atoms with van der Waals surface area (Å²) in [5.74, 6) is 0.951. The van der Waals surface area contributed by atoms with E-state index in [-0.39, 0.29) is 0 Å². The molecule has 17 heavy (non-hydrogen) atoms.